The van der Waals surface area contributed by atoms with E-state index in [4.69, 9.17) is 0 Å². The van der Waals surface area contributed by atoms with Gasteiger partial charge in [0.15, 0.2) is 0 Å². The second-order valence-electron chi connectivity index (χ2n) is 2.43. The van der Waals surface area contributed by atoms with Crippen LogP contribution in [0.15, 0.2) is 49.6 Å². The van der Waals surface area contributed by atoms with Gasteiger partial charge in [0.1, 0.15) is 0 Å². The Bertz CT molecular complexity index is 311. The maximum absolute atomic E-state index is 4.50. The van der Waals surface area contributed by atoms with Crippen molar-refractivity contribution in [2.75, 3.05) is 7.05 Å². The summed E-state index contributed by atoms with van der Waals surface area (Å²) in [6.45, 7) is 11.4. The van der Waals surface area contributed by atoms with Crippen molar-refractivity contribution in [3.8, 4) is 0 Å². The summed E-state index contributed by atoms with van der Waals surface area (Å²) in [5, 5.41) is 0. The monoisotopic (exact) mass is 217 g/mol. The van der Waals surface area contributed by atoms with Gasteiger partial charge in [-0.05, 0) is 18.2 Å². The molecule has 1 aromatic carbocycles. The van der Waals surface area contributed by atoms with E-state index < -0.39 is 0 Å². The molecule has 0 bridgehead atoms. The first kappa shape index (κ1) is 16.8. The summed E-state index contributed by atoms with van der Waals surface area (Å²) in [4.78, 5) is 0. The number of hydrogen-bond acceptors (Lipinski definition) is 1. The average molecular weight is 217 g/mol. The van der Waals surface area contributed by atoms with Crippen molar-refractivity contribution in [1.29, 1.82) is 0 Å². The predicted octanol–water partition coefficient (Wildman–Crippen LogP) is 4.13. The Morgan fingerprint density at radius 1 is 1.00 bits per heavy atom. The van der Waals surface area contributed by atoms with E-state index in [0.29, 0.717) is 0 Å². The molecule has 0 saturated heterocycles. The Balaban J connectivity index is 0. The largest absolute Gasteiger partial charge is 0.333 e. The Labute approximate surface area is 100.0 Å². The Hall–Kier alpha value is -1.60. The van der Waals surface area contributed by atoms with Crippen LogP contribution in [0.3, 0.4) is 0 Å². The van der Waals surface area contributed by atoms with E-state index in [1.807, 2.05) is 50.3 Å². The first-order chi connectivity index (χ1) is 7.88. The molecular formula is C15H23N. The summed E-state index contributed by atoms with van der Waals surface area (Å²) in [5.41, 5.74) is 6.82. The van der Waals surface area contributed by atoms with Crippen LogP contribution in [-0.4, -0.2) is 7.05 Å². The molecule has 1 nitrogen and oxygen atoms in total. The van der Waals surface area contributed by atoms with Crippen molar-refractivity contribution in [1.82, 2.24) is 0 Å². The van der Waals surface area contributed by atoms with Gasteiger partial charge in [0.25, 0.3) is 0 Å². The van der Waals surface area contributed by atoms with Crippen LogP contribution >= 0.6 is 0 Å². The second kappa shape index (κ2) is 13.4. The van der Waals surface area contributed by atoms with E-state index in [2.05, 4.69) is 25.0 Å². The molecule has 0 saturated carbocycles. The van der Waals surface area contributed by atoms with Crippen molar-refractivity contribution in [2.24, 2.45) is 5.73 Å². The molecule has 1 aromatic rings. The normalized spacial score (nSPS) is 8.25. The molecule has 0 heterocycles. The third kappa shape index (κ3) is 6.80. The Morgan fingerprint density at radius 3 is 1.94 bits per heavy atom. The summed E-state index contributed by atoms with van der Waals surface area (Å²) < 4.78 is 0. The van der Waals surface area contributed by atoms with Crippen LogP contribution in [0.25, 0.3) is 12.2 Å². The summed E-state index contributed by atoms with van der Waals surface area (Å²) >= 11 is 0. The van der Waals surface area contributed by atoms with Gasteiger partial charge >= 0.3 is 0 Å². The first-order valence-electron chi connectivity index (χ1n) is 5.47. The molecule has 0 aliphatic heterocycles. The highest BCUT2D eigenvalue weighted by molar-refractivity contribution is 5.64. The zero-order valence-corrected chi connectivity index (χ0v) is 10.6. The maximum Gasteiger partial charge on any atom is -0.0184 e. The number of benzene rings is 1. The van der Waals surface area contributed by atoms with Gasteiger partial charge in [-0.3, -0.25) is 0 Å². The zero-order valence-electron chi connectivity index (χ0n) is 10.6. The molecule has 0 unspecified atom stereocenters. The SMILES string of the molecule is C=C/C=C\c1ccccc1C=C.CC.CN. The van der Waals surface area contributed by atoms with Gasteiger partial charge in [0.05, 0.1) is 0 Å². The zero-order chi connectivity index (χ0) is 12.8. The molecule has 0 aliphatic carbocycles. The van der Waals surface area contributed by atoms with Crippen molar-refractivity contribution in [3.05, 3.63) is 60.7 Å². The van der Waals surface area contributed by atoms with Crippen molar-refractivity contribution >= 4 is 12.2 Å². The van der Waals surface area contributed by atoms with Crippen LogP contribution < -0.4 is 5.73 Å². The summed E-state index contributed by atoms with van der Waals surface area (Å²) in [6, 6.07) is 8.10. The lowest BCUT2D eigenvalue weighted by Crippen LogP contribution is -1.77. The molecule has 0 radical (unpaired) electrons. The highest BCUT2D eigenvalue weighted by Gasteiger charge is 1.90. The molecule has 0 aromatic heterocycles. The van der Waals surface area contributed by atoms with Crippen LogP contribution in [0.2, 0.25) is 0 Å². The third-order valence-electron chi connectivity index (χ3n) is 1.63. The fraction of sp³-hybridized carbons (Fsp3) is 0.200. The summed E-state index contributed by atoms with van der Waals surface area (Å²) in [5.74, 6) is 0. The average Bonchev–Trinajstić information content (AvgIpc) is 2.41. The molecule has 0 fully saturated rings. The fourth-order valence-corrected chi connectivity index (χ4v) is 1.02. The van der Waals surface area contributed by atoms with E-state index in [9.17, 15) is 0 Å². The number of hydrogen-bond donors (Lipinski definition) is 1. The molecule has 0 amide bonds. The van der Waals surface area contributed by atoms with Crippen LogP contribution in [-0.2, 0) is 0 Å². The molecule has 0 atom stereocenters. The van der Waals surface area contributed by atoms with Crippen LogP contribution in [0, 0.1) is 0 Å². The maximum atomic E-state index is 4.50. The molecule has 88 valence electrons. The smallest absolute Gasteiger partial charge is 0.0184 e. The van der Waals surface area contributed by atoms with Crippen LogP contribution in [0.5, 0.6) is 0 Å². The van der Waals surface area contributed by atoms with Gasteiger partial charge in [-0.1, -0.05) is 75.6 Å². The highest BCUT2D eigenvalue weighted by atomic mass is 14.4. The minimum Gasteiger partial charge on any atom is -0.333 e. The first-order valence-corrected chi connectivity index (χ1v) is 5.47. The second-order valence-corrected chi connectivity index (χ2v) is 2.43. The lowest BCUT2D eigenvalue weighted by molar-refractivity contribution is 1.48. The van der Waals surface area contributed by atoms with Crippen molar-refractivity contribution in [2.45, 2.75) is 13.8 Å². The molecule has 2 N–H and O–H groups in total. The van der Waals surface area contributed by atoms with Crippen molar-refractivity contribution < 1.29 is 0 Å². The van der Waals surface area contributed by atoms with Crippen molar-refractivity contribution in [3.63, 3.8) is 0 Å². The van der Waals surface area contributed by atoms with Gasteiger partial charge in [-0.25, -0.2) is 0 Å². The predicted molar refractivity (Wildman–Crippen MR) is 77.2 cm³/mol. The Kier molecular flexibility index (Phi) is 14.1. The van der Waals surface area contributed by atoms with E-state index in [1.165, 1.54) is 12.6 Å². The summed E-state index contributed by atoms with van der Waals surface area (Å²) in [7, 11) is 1.50. The quantitative estimate of drug-likeness (QED) is 0.757. The highest BCUT2D eigenvalue weighted by Crippen LogP contribution is 2.11. The molecule has 1 heteroatoms. The van der Waals surface area contributed by atoms with Gasteiger partial charge in [-0.15, -0.1) is 0 Å². The van der Waals surface area contributed by atoms with Crippen LogP contribution in [0.4, 0.5) is 0 Å². The van der Waals surface area contributed by atoms with E-state index in [-0.39, 0.29) is 0 Å². The topological polar surface area (TPSA) is 26.0 Å². The fourth-order valence-electron chi connectivity index (χ4n) is 1.02. The van der Waals surface area contributed by atoms with Gasteiger partial charge in [-0.2, -0.15) is 0 Å². The molecular weight excluding hydrogens is 194 g/mol. The molecule has 0 aliphatic rings. The third-order valence-corrected chi connectivity index (χ3v) is 1.63. The van der Waals surface area contributed by atoms with E-state index >= 15 is 0 Å². The number of nitrogens with two attached hydrogens (primary N) is 1. The van der Waals surface area contributed by atoms with Gasteiger partial charge in [0.2, 0.25) is 0 Å². The molecule has 16 heavy (non-hydrogen) atoms. The molecule has 1 rings (SSSR count). The lowest BCUT2D eigenvalue weighted by Gasteiger charge is -1.97. The summed E-state index contributed by atoms with van der Waals surface area (Å²) in [6.07, 6.45) is 7.55. The number of rotatable bonds is 3. The van der Waals surface area contributed by atoms with Gasteiger partial charge in [0, 0.05) is 0 Å². The Morgan fingerprint density at radius 2 is 1.50 bits per heavy atom. The van der Waals surface area contributed by atoms with E-state index in [0.717, 1.165) is 5.56 Å². The number of allylic oxidation sites excluding steroid dienone is 2. The van der Waals surface area contributed by atoms with Gasteiger partial charge < -0.3 is 5.73 Å². The molecule has 0 spiro atoms. The minimum absolute atomic E-state index is 1.15. The minimum atomic E-state index is 1.15. The van der Waals surface area contributed by atoms with Crippen LogP contribution in [0.1, 0.15) is 25.0 Å². The standard InChI is InChI=1S/C12H12.C2H6.CH5N/c1-3-5-8-12-10-7-6-9-11(12)4-2;2*1-2/h3-10H,1-2H2;1-2H3;2H2,1H3/b8-5-;;. The van der Waals surface area contributed by atoms with E-state index in [1.54, 1.807) is 6.08 Å². The lowest BCUT2D eigenvalue weighted by atomic mass is 10.1.